The molecule has 1 aromatic heterocycles. The number of ether oxygens (including phenoxy) is 1. The highest BCUT2D eigenvalue weighted by Crippen LogP contribution is 2.22. The van der Waals surface area contributed by atoms with Gasteiger partial charge in [-0.05, 0) is 63.6 Å². The number of morpholine rings is 1. The highest BCUT2D eigenvalue weighted by atomic mass is 19.1. The van der Waals surface area contributed by atoms with Crippen molar-refractivity contribution in [1.29, 1.82) is 0 Å². The zero-order valence-electron chi connectivity index (χ0n) is 19.3. The number of hydrogen-bond acceptors (Lipinski definition) is 6. The second-order valence-electron chi connectivity index (χ2n) is 8.79. The number of aromatic nitrogens is 3. The molecule has 1 fully saturated rings. The van der Waals surface area contributed by atoms with Gasteiger partial charge in [0.05, 0.1) is 17.9 Å². The summed E-state index contributed by atoms with van der Waals surface area (Å²) in [7, 11) is 0. The summed E-state index contributed by atoms with van der Waals surface area (Å²) >= 11 is 0. The van der Waals surface area contributed by atoms with Gasteiger partial charge in [-0.25, -0.2) is 13.5 Å². The van der Waals surface area contributed by atoms with E-state index in [1.807, 2.05) is 19.1 Å². The topological polar surface area (TPSA) is 67.2 Å². The summed E-state index contributed by atoms with van der Waals surface area (Å²) in [5, 5.41) is 11.0. The van der Waals surface area contributed by atoms with Crippen LogP contribution in [-0.2, 0) is 4.74 Å². The highest BCUT2D eigenvalue weighted by molar-refractivity contribution is 5.63. The summed E-state index contributed by atoms with van der Waals surface area (Å²) in [5.74, 6) is -1.000. The molecule has 3 atom stereocenters. The molecule has 9 heteroatoms. The fourth-order valence-corrected chi connectivity index (χ4v) is 4.17. The first kappa shape index (κ1) is 23.1. The lowest BCUT2D eigenvalue weighted by Crippen LogP contribution is -2.50. The van der Waals surface area contributed by atoms with E-state index in [1.54, 1.807) is 0 Å². The van der Waals surface area contributed by atoms with Gasteiger partial charge in [0, 0.05) is 46.0 Å². The van der Waals surface area contributed by atoms with Crippen molar-refractivity contribution in [3.05, 3.63) is 59.9 Å². The maximum atomic E-state index is 13.5. The number of aryl methyl sites for hydroxylation is 1. The van der Waals surface area contributed by atoms with Crippen molar-refractivity contribution in [3.8, 4) is 5.69 Å². The molecule has 0 radical (unpaired) electrons. The maximum absolute atomic E-state index is 13.5. The van der Waals surface area contributed by atoms with E-state index < -0.39 is 11.6 Å². The van der Waals surface area contributed by atoms with Crippen LogP contribution >= 0.6 is 0 Å². The molecule has 2 N–H and O–H groups in total. The van der Waals surface area contributed by atoms with Crippen LogP contribution in [0.1, 0.15) is 29.2 Å². The third-order valence-corrected chi connectivity index (χ3v) is 5.61. The minimum absolute atomic E-state index is 0. The Labute approximate surface area is 195 Å². The second kappa shape index (κ2) is 9.84. The van der Waals surface area contributed by atoms with Crippen LogP contribution in [0.5, 0.6) is 0 Å². The second-order valence-corrected chi connectivity index (χ2v) is 8.79. The van der Waals surface area contributed by atoms with Crippen LogP contribution in [0.25, 0.3) is 5.69 Å². The van der Waals surface area contributed by atoms with Gasteiger partial charge in [0.15, 0.2) is 0 Å². The predicted molar refractivity (Wildman–Crippen MR) is 129 cm³/mol. The molecule has 1 aliphatic heterocycles. The van der Waals surface area contributed by atoms with Gasteiger partial charge in [-0.2, -0.15) is 4.98 Å². The van der Waals surface area contributed by atoms with Crippen LogP contribution in [0.4, 0.5) is 26.1 Å². The van der Waals surface area contributed by atoms with Crippen molar-refractivity contribution in [2.45, 2.75) is 45.9 Å². The monoisotopic (exact) mass is 460 g/mol. The van der Waals surface area contributed by atoms with Crippen LogP contribution in [0.2, 0.25) is 0 Å². The van der Waals surface area contributed by atoms with E-state index in [9.17, 15) is 8.78 Å². The lowest BCUT2D eigenvalue weighted by molar-refractivity contribution is -0.0769. The lowest BCUT2D eigenvalue weighted by Gasteiger charge is -2.39. The molecule has 33 heavy (non-hydrogen) atoms. The predicted octanol–water partition coefficient (Wildman–Crippen LogP) is 5.00. The van der Waals surface area contributed by atoms with Gasteiger partial charge in [0.1, 0.15) is 18.0 Å². The molecule has 2 aromatic carbocycles. The molecule has 0 saturated carbocycles. The minimum Gasteiger partial charge on any atom is -0.383 e. The molecule has 0 amide bonds. The van der Waals surface area contributed by atoms with Crippen molar-refractivity contribution in [3.63, 3.8) is 0 Å². The molecule has 0 aliphatic carbocycles. The van der Waals surface area contributed by atoms with Crippen LogP contribution < -0.4 is 10.6 Å². The third-order valence-electron chi connectivity index (χ3n) is 5.61. The first-order chi connectivity index (χ1) is 15.7. The molecule has 2 heterocycles. The smallest absolute Gasteiger partial charge is 0.246 e. The zero-order valence-corrected chi connectivity index (χ0v) is 19.3. The molecular formula is C24H34F2N6O. The molecule has 3 unspecified atom stereocenters. The van der Waals surface area contributed by atoms with Crippen molar-refractivity contribution in [1.82, 2.24) is 19.7 Å². The Morgan fingerprint density at radius 3 is 2.42 bits per heavy atom. The highest BCUT2D eigenvalue weighted by Gasteiger charge is 2.25. The lowest BCUT2D eigenvalue weighted by atomic mass is 10.1. The molecule has 180 valence electrons. The van der Waals surface area contributed by atoms with Crippen LogP contribution in [0.3, 0.4) is 0 Å². The minimum atomic E-state index is -0.667. The number of halogens is 2. The Hall–Kier alpha value is -3.04. The normalized spacial score (nSPS) is 19.9. The SMILES string of the molecule is Cc1cc(NCC(C)N2CC(C)OC(C)C2)cc(Nc2ncn(-c3cc(F)cc(F)c3)n2)c1.[HH].[HH]. The van der Waals surface area contributed by atoms with E-state index in [-0.39, 0.29) is 20.7 Å². The summed E-state index contributed by atoms with van der Waals surface area (Å²) in [4.78, 5) is 6.66. The van der Waals surface area contributed by atoms with Crippen molar-refractivity contribution >= 4 is 17.3 Å². The Morgan fingerprint density at radius 2 is 1.73 bits per heavy atom. The van der Waals surface area contributed by atoms with Gasteiger partial charge in [0.2, 0.25) is 5.95 Å². The first-order valence-corrected chi connectivity index (χ1v) is 11.2. The Kier molecular flexibility index (Phi) is 6.90. The Balaban J connectivity index is 0.00000216. The van der Waals surface area contributed by atoms with Gasteiger partial charge in [0.25, 0.3) is 0 Å². The maximum Gasteiger partial charge on any atom is 0.246 e. The van der Waals surface area contributed by atoms with Crippen LogP contribution in [-0.4, -0.2) is 57.5 Å². The van der Waals surface area contributed by atoms with E-state index in [4.69, 9.17) is 4.74 Å². The van der Waals surface area contributed by atoms with Gasteiger partial charge in [-0.3, -0.25) is 4.90 Å². The fourth-order valence-electron chi connectivity index (χ4n) is 4.17. The number of rotatable bonds is 7. The summed E-state index contributed by atoms with van der Waals surface area (Å²) in [6, 6.07) is 9.65. The average molecular weight is 461 g/mol. The molecular weight excluding hydrogens is 426 g/mol. The molecule has 3 aromatic rings. The summed E-state index contributed by atoms with van der Waals surface area (Å²) < 4.78 is 34.2. The van der Waals surface area contributed by atoms with Crippen molar-refractivity contribution in [2.75, 3.05) is 30.3 Å². The summed E-state index contributed by atoms with van der Waals surface area (Å²) in [6.45, 7) is 11.1. The van der Waals surface area contributed by atoms with Crippen LogP contribution in [0, 0.1) is 18.6 Å². The number of hydrogen-bond donors (Lipinski definition) is 2. The number of benzene rings is 2. The van der Waals surface area contributed by atoms with Crippen molar-refractivity contribution in [2.24, 2.45) is 0 Å². The van der Waals surface area contributed by atoms with Crippen molar-refractivity contribution < 1.29 is 16.4 Å². The summed E-state index contributed by atoms with van der Waals surface area (Å²) in [5.41, 5.74) is 3.16. The molecule has 7 nitrogen and oxygen atoms in total. The molecule has 0 spiro atoms. The first-order valence-electron chi connectivity index (χ1n) is 11.2. The number of nitrogens with zero attached hydrogens (tertiary/aromatic N) is 4. The largest absolute Gasteiger partial charge is 0.383 e. The van der Waals surface area contributed by atoms with E-state index in [0.717, 1.165) is 42.6 Å². The fraction of sp³-hybridized carbons (Fsp3) is 0.417. The Bertz CT molecular complexity index is 1090. The van der Waals surface area contributed by atoms with Crippen LogP contribution in [0.15, 0.2) is 42.7 Å². The van der Waals surface area contributed by atoms with E-state index in [2.05, 4.69) is 52.5 Å². The number of nitrogens with one attached hydrogen (secondary N) is 2. The van der Waals surface area contributed by atoms with E-state index >= 15 is 0 Å². The molecule has 0 bridgehead atoms. The van der Waals surface area contributed by atoms with E-state index in [1.165, 1.54) is 23.1 Å². The zero-order chi connectivity index (χ0) is 23.5. The van der Waals surface area contributed by atoms with E-state index in [0.29, 0.717) is 12.0 Å². The standard InChI is InChI=1S/C24H30F2N6O.2H2/c1-15-5-21(27-11-16(2)31-12-17(3)33-18(4)13-31)10-22(6-15)29-24-28-14-32(30-24)23-8-19(25)7-20(26)9-23;;/h5-10,14,16-18,27H,11-13H2,1-4H3,(H,29,30);2*1H. The van der Waals surface area contributed by atoms with Gasteiger partial charge >= 0.3 is 0 Å². The average Bonchev–Trinajstić information content (AvgIpc) is 3.18. The molecule has 4 rings (SSSR count). The number of anilines is 3. The summed E-state index contributed by atoms with van der Waals surface area (Å²) in [6.07, 6.45) is 1.89. The van der Waals surface area contributed by atoms with Gasteiger partial charge < -0.3 is 15.4 Å². The molecule has 1 aliphatic rings. The van der Waals surface area contributed by atoms with Gasteiger partial charge in [-0.1, -0.05) is 0 Å². The quantitative estimate of drug-likeness (QED) is 0.517. The molecule has 1 saturated heterocycles. The third kappa shape index (κ3) is 6.06. The Morgan fingerprint density at radius 1 is 1.06 bits per heavy atom. The van der Waals surface area contributed by atoms with Gasteiger partial charge in [-0.15, -0.1) is 5.10 Å².